The van der Waals surface area contributed by atoms with E-state index >= 15 is 0 Å². The molecule has 0 saturated carbocycles. The van der Waals surface area contributed by atoms with E-state index in [9.17, 15) is 21.6 Å². The van der Waals surface area contributed by atoms with Gasteiger partial charge in [-0.05, 0) is 56.0 Å². The van der Waals surface area contributed by atoms with E-state index in [1.807, 2.05) is 54.6 Å². The highest BCUT2D eigenvalue weighted by Crippen LogP contribution is 2.47. The molecule has 3 aliphatic rings. The van der Waals surface area contributed by atoms with Gasteiger partial charge < -0.3 is 14.5 Å². The van der Waals surface area contributed by atoms with E-state index in [0.717, 1.165) is 37.1 Å². The number of hydrogen-bond donors (Lipinski definition) is 1. The third kappa shape index (κ3) is 7.34. The second kappa shape index (κ2) is 13.0. The Hall–Kier alpha value is -2.51. The molecule has 2 saturated heterocycles. The van der Waals surface area contributed by atoms with Crippen molar-refractivity contribution in [3.05, 3.63) is 65.7 Å². The molecular weight excluding hydrogens is 576 g/mol. The van der Waals surface area contributed by atoms with Gasteiger partial charge in [0, 0.05) is 31.6 Å². The highest BCUT2D eigenvalue weighted by molar-refractivity contribution is 7.92. The zero-order valence-corrected chi connectivity index (χ0v) is 25.9. The number of carbonyl (C=O) groups excluding carboxylic acids is 1. The van der Waals surface area contributed by atoms with E-state index in [2.05, 4.69) is 9.62 Å². The summed E-state index contributed by atoms with van der Waals surface area (Å²) in [5.74, 6) is -0.387. The molecule has 0 aliphatic carbocycles. The SMILES string of the molecule is CS(=O)(=O)N1CC2(CCN(C(=O)[C@@H](COCc3ccccc3)NS(=O)(=O)CCN3CCCCC3)CC2)c2ccccc21. The van der Waals surface area contributed by atoms with Crippen LogP contribution < -0.4 is 9.03 Å². The molecule has 230 valence electrons. The maximum Gasteiger partial charge on any atom is 0.243 e. The summed E-state index contributed by atoms with van der Waals surface area (Å²) in [6, 6.07) is 16.1. The van der Waals surface area contributed by atoms with Gasteiger partial charge in [-0.2, -0.15) is 0 Å². The van der Waals surface area contributed by atoms with Crippen LogP contribution in [0.3, 0.4) is 0 Å². The third-order valence-electron chi connectivity index (χ3n) is 8.76. The number of piperidine rings is 2. The third-order valence-corrected chi connectivity index (χ3v) is 11.3. The number of likely N-dealkylation sites (tertiary alicyclic amines) is 2. The van der Waals surface area contributed by atoms with Crippen LogP contribution in [0.25, 0.3) is 0 Å². The molecule has 0 unspecified atom stereocenters. The smallest absolute Gasteiger partial charge is 0.243 e. The van der Waals surface area contributed by atoms with Crippen molar-refractivity contribution in [1.82, 2.24) is 14.5 Å². The van der Waals surface area contributed by atoms with Crippen LogP contribution in [0.5, 0.6) is 0 Å². The number of benzene rings is 2. The van der Waals surface area contributed by atoms with Gasteiger partial charge in [0.15, 0.2) is 0 Å². The maximum atomic E-state index is 13.8. The molecule has 2 aromatic rings. The molecule has 2 fully saturated rings. The number of nitrogens with zero attached hydrogens (tertiary/aromatic N) is 3. The predicted octanol–water partition coefficient (Wildman–Crippen LogP) is 2.32. The largest absolute Gasteiger partial charge is 0.375 e. The van der Waals surface area contributed by atoms with Crippen molar-refractivity contribution in [3.8, 4) is 0 Å². The van der Waals surface area contributed by atoms with Crippen molar-refractivity contribution >= 4 is 31.6 Å². The first kappa shape index (κ1) is 30.9. The van der Waals surface area contributed by atoms with Gasteiger partial charge in [0.2, 0.25) is 26.0 Å². The number of sulfonamides is 2. The Labute approximate surface area is 250 Å². The molecule has 3 aliphatic heterocycles. The van der Waals surface area contributed by atoms with E-state index in [-0.39, 0.29) is 30.3 Å². The minimum atomic E-state index is -3.74. The Morgan fingerprint density at radius 1 is 0.929 bits per heavy atom. The molecule has 1 spiro atoms. The summed E-state index contributed by atoms with van der Waals surface area (Å²) in [4.78, 5) is 17.7. The fourth-order valence-electron chi connectivity index (χ4n) is 6.42. The lowest BCUT2D eigenvalue weighted by atomic mass is 9.74. The highest BCUT2D eigenvalue weighted by Gasteiger charge is 2.48. The van der Waals surface area contributed by atoms with E-state index in [4.69, 9.17) is 4.74 Å². The average Bonchev–Trinajstić information content (AvgIpc) is 3.31. The Balaban J connectivity index is 1.26. The molecule has 2 aromatic carbocycles. The van der Waals surface area contributed by atoms with E-state index in [1.54, 1.807) is 4.90 Å². The Morgan fingerprint density at radius 3 is 2.29 bits per heavy atom. The molecule has 1 N–H and O–H groups in total. The van der Waals surface area contributed by atoms with Crippen molar-refractivity contribution in [3.63, 3.8) is 0 Å². The van der Waals surface area contributed by atoms with Gasteiger partial charge in [-0.1, -0.05) is 55.0 Å². The molecule has 1 amide bonds. The van der Waals surface area contributed by atoms with Gasteiger partial charge in [-0.25, -0.2) is 21.6 Å². The molecular formula is C30H42N4O6S2. The molecule has 12 heteroatoms. The van der Waals surface area contributed by atoms with E-state index in [1.165, 1.54) is 17.0 Å². The van der Waals surface area contributed by atoms with Crippen LogP contribution in [0.4, 0.5) is 5.69 Å². The van der Waals surface area contributed by atoms with Crippen LogP contribution in [0.15, 0.2) is 54.6 Å². The van der Waals surface area contributed by atoms with E-state index < -0.39 is 26.1 Å². The summed E-state index contributed by atoms with van der Waals surface area (Å²) in [7, 11) is -7.18. The standard InChI is InChI=1S/C30H42N4O6S2/c1-41(36,37)34-24-30(26-12-6-7-13-28(26)34)14-18-33(19-15-30)29(35)27(23-40-22-25-10-4-2-5-11-25)31-42(38,39)21-20-32-16-8-3-9-17-32/h2,4-7,10-13,27,31H,3,8-9,14-24H2,1H3/t27-/m1/s1. The summed E-state index contributed by atoms with van der Waals surface area (Å²) in [6.45, 7) is 3.56. The van der Waals surface area contributed by atoms with Crippen molar-refractivity contribution in [2.45, 2.75) is 50.2 Å². The number of carbonyl (C=O) groups is 1. The van der Waals surface area contributed by atoms with Gasteiger partial charge in [-0.3, -0.25) is 9.10 Å². The second-order valence-corrected chi connectivity index (χ2v) is 15.6. The van der Waals surface area contributed by atoms with Crippen LogP contribution in [-0.2, 0) is 41.6 Å². The maximum absolute atomic E-state index is 13.8. The quantitative estimate of drug-likeness (QED) is 0.411. The Morgan fingerprint density at radius 2 is 1.60 bits per heavy atom. The van der Waals surface area contributed by atoms with Gasteiger partial charge in [-0.15, -0.1) is 0 Å². The monoisotopic (exact) mass is 618 g/mol. The fraction of sp³-hybridized carbons (Fsp3) is 0.567. The molecule has 1 atom stereocenters. The lowest BCUT2D eigenvalue weighted by Gasteiger charge is -2.40. The Kier molecular flexibility index (Phi) is 9.58. The number of anilines is 1. The normalized spacial score (nSPS) is 20.0. The lowest BCUT2D eigenvalue weighted by Crippen LogP contribution is -2.55. The molecule has 5 rings (SSSR count). The number of fused-ring (bicyclic) bond motifs is 2. The minimum absolute atomic E-state index is 0.0727. The van der Waals surface area contributed by atoms with Crippen LogP contribution in [-0.4, -0.2) is 96.5 Å². The van der Waals surface area contributed by atoms with Crippen molar-refractivity contribution in [2.24, 2.45) is 0 Å². The van der Waals surface area contributed by atoms with Crippen LogP contribution in [0, 0.1) is 0 Å². The van der Waals surface area contributed by atoms with Crippen LogP contribution >= 0.6 is 0 Å². The number of rotatable bonds is 11. The van der Waals surface area contributed by atoms with Gasteiger partial charge in [0.25, 0.3) is 0 Å². The zero-order valence-electron chi connectivity index (χ0n) is 24.3. The van der Waals surface area contributed by atoms with Crippen molar-refractivity contribution in [2.75, 3.05) is 62.2 Å². The molecule has 3 heterocycles. The summed E-state index contributed by atoms with van der Waals surface area (Å²) in [5, 5.41) is 0. The number of hydrogen-bond acceptors (Lipinski definition) is 7. The number of para-hydroxylation sites is 1. The molecule has 0 aromatic heterocycles. The first-order chi connectivity index (χ1) is 20.1. The average molecular weight is 619 g/mol. The molecule has 0 bridgehead atoms. The van der Waals surface area contributed by atoms with Gasteiger partial charge in [0.05, 0.1) is 30.9 Å². The minimum Gasteiger partial charge on any atom is -0.375 e. The fourth-order valence-corrected chi connectivity index (χ4v) is 8.63. The van der Waals surface area contributed by atoms with Crippen molar-refractivity contribution < 1.29 is 26.4 Å². The number of nitrogens with one attached hydrogen (secondary N) is 1. The second-order valence-electron chi connectivity index (χ2n) is 11.8. The summed E-state index contributed by atoms with van der Waals surface area (Å²) < 4.78 is 61.4. The molecule has 10 nitrogen and oxygen atoms in total. The first-order valence-corrected chi connectivity index (χ1v) is 18.3. The highest BCUT2D eigenvalue weighted by atomic mass is 32.2. The van der Waals surface area contributed by atoms with E-state index in [0.29, 0.717) is 44.7 Å². The van der Waals surface area contributed by atoms with Gasteiger partial charge in [0.1, 0.15) is 6.04 Å². The van der Waals surface area contributed by atoms with Gasteiger partial charge >= 0.3 is 0 Å². The molecule has 0 radical (unpaired) electrons. The zero-order chi connectivity index (χ0) is 29.8. The van der Waals surface area contributed by atoms with Crippen LogP contribution in [0.2, 0.25) is 0 Å². The summed E-state index contributed by atoms with van der Waals surface area (Å²) in [5.41, 5.74) is 2.24. The lowest BCUT2D eigenvalue weighted by molar-refractivity contribution is -0.136. The molecule has 42 heavy (non-hydrogen) atoms. The summed E-state index contributed by atoms with van der Waals surface area (Å²) >= 11 is 0. The predicted molar refractivity (Wildman–Crippen MR) is 163 cm³/mol. The Bertz CT molecular complexity index is 1440. The first-order valence-electron chi connectivity index (χ1n) is 14.8. The summed E-state index contributed by atoms with van der Waals surface area (Å²) in [6.07, 6.45) is 5.71. The van der Waals surface area contributed by atoms with Crippen molar-refractivity contribution in [1.29, 1.82) is 0 Å². The number of amides is 1. The topological polar surface area (TPSA) is 116 Å². The number of ether oxygens (including phenoxy) is 1. The van der Waals surface area contributed by atoms with Crippen LogP contribution in [0.1, 0.15) is 43.2 Å².